The predicted molar refractivity (Wildman–Crippen MR) is 87.4 cm³/mol. The molecule has 0 bridgehead atoms. The van der Waals surface area contributed by atoms with Gasteiger partial charge < -0.3 is 24.6 Å². The molecule has 0 saturated carbocycles. The largest absolute Gasteiger partial charge is 0.495 e. The summed E-state index contributed by atoms with van der Waals surface area (Å²) in [5.41, 5.74) is 1.52. The van der Waals surface area contributed by atoms with Crippen LogP contribution in [0.4, 0.5) is 11.5 Å². The van der Waals surface area contributed by atoms with E-state index in [0.29, 0.717) is 30.5 Å². The molecular weight excluding hydrogens is 312 g/mol. The van der Waals surface area contributed by atoms with Crippen LogP contribution in [0.2, 0.25) is 0 Å². The fraction of sp³-hybridized carbons (Fsp3) is 0.294. The van der Waals surface area contributed by atoms with Crippen molar-refractivity contribution in [3.8, 4) is 11.5 Å². The molecule has 24 heavy (non-hydrogen) atoms. The van der Waals surface area contributed by atoms with Gasteiger partial charge in [-0.25, -0.2) is 9.78 Å². The van der Waals surface area contributed by atoms with Crippen molar-refractivity contribution in [1.82, 2.24) is 4.98 Å². The molecule has 0 amide bonds. The van der Waals surface area contributed by atoms with Crippen LogP contribution >= 0.6 is 0 Å². The minimum absolute atomic E-state index is 0.0270. The summed E-state index contributed by atoms with van der Waals surface area (Å²) in [6.07, 6.45) is 1.61. The standard InChI is InChI=1S/C17H18N2O5/c1-10-3-5-13(17(20)21)16(24-9-12-8-23-12)15(10)19-14-6-4-11(22-2)7-18-14/h3-7,12H,8-9H2,1-2H3,(H,18,19)(H,20,21)/t12-/m1/s1. The number of hydrogen-bond donors (Lipinski definition) is 2. The number of pyridine rings is 1. The van der Waals surface area contributed by atoms with Gasteiger partial charge in [0.05, 0.1) is 25.6 Å². The number of ether oxygens (including phenoxy) is 3. The molecule has 1 aromatic heterocycles. The molecule has 2 heterocycles. The van der Waals surface area contributed by atoms with Gasteiger partial charge in [0.25, 0.3) is 0 Å². The summed E-state index contributed by atoms with van der Waals surface area (Å²) in [7, 11) is 1.57. The van der Waals surface area contributed by atoms with E-state index in [2.05, 4.69) is 10.3 Å². The third-order valence-corrected chi connectivity index (χ3v) is 3.64. The van der Waals surface area contributed by atoms with E-state index in [1.807, 2.05) is 6.92 Å². The summed E-state index contributed by atoms with van der Waals surface area (Å²) in [6.45, 7) is 2.82. The zero-order valence-corrected chi connectivity index (χ0v) is 13.4. The fourth-order valence-corrected chi connectivity index (χ4v) is 2.20. The molecule has 0 unspecified atom stereocenters. The van der Waals surface area contributed by atoms with Crippen molar-refractivity contribution >= 4 is 17.5 Å². The van der Waals surface area contributed by atoms with Gasteiger partial charge in [-0.05, 0) is 30.7 Å². The lowest BCUT2D eigenvalue weighted by atomic mass is 10.1. The first-order valence-corrected chi connectivity index (χ1v) is 7.47. The number of aryl methyl sites for hydroxylation is 1. The van der Waals surface area contributed by atoms with Gasteiger partial charge in [-0.15, -0.1) is 0 Å². The number of benzene rings is 1. The molecule has 7 heteroatoms. The lowest BCUT2D eigenvalue weighted by Crippen LogP contribution is -2.11. The van der Waals surface area contributed by atoms with Crippen molar-refractivity contribution in [3.63, 3.8) is 0 Å². The van der Waals surface area contributed by atoms with Gasteiger partial charge >= 0.3 is 5.97 Å². The molecule has 1 aliphatic heterocycles. The SMILES string of the molecule is COc1ccc(Nc2c(C)ccc(C(=O)O)c2OC[C@H]2CO2)nc1. The smallest absolute Gasteiger partial charge is 0.339 e. The van der Waals surface area contributed by atoms with Crippen LogP contribution in [0, 0.1) is 6.92 Å². The first kappa shape index (κ1) is 16.1. The maximum atomic E-state index is 11.5. The second-order valence-electron chi connectivity index (χ2n) is 5.41. The highest BCUT2D eigenvalue weighted by Crippen LogP contribution is 2.35. The van der Waals surface area contributed by atoms with Crippen LogP contribution in [0.15, 0.2) is 30.5 Å². The molecule has 0 spiro atoms. The average molecular weight is 330 g/mol. The van der Waals surface area contributed by atoms with E-state index in [-0.39, 0.29) is 17.4 Å². The van der Waals surface area contributed by atoms with E-state index in [4.69, 9.17) is 14.2 Å². The maximum Gasteiger partial charge on any atom is 0.339 e. The second-order valence-corrected chi connectivity index (χ2v) is 5.41. The number of aromatic nitrogens is 1. The van der Waals surface area contributed by atoms with Crippen LogP contribution in [0.5, 0.6) is 11.5 Å². The van der Waals surface area contributed by atoms with Crippen LogP contribution in [0.1, 0.15) is 15.9 Å². The Hall–Kier alpha value is -2.80. The fourth-order valence-electron chi connectivity index (χ4n) is 2.20. The molecular formula is C17H18N2O5. The molecule has 1 aliphatic rings. The quantitative estimate of drug-likeness (QED) is 0.754. The van der Waals surface area contributed by atoms with Gasteiger partial charge in [0.1, 0.15) is 29.8 Å². The molecule has 2 aromatic rings. The molecule has 7 nitrogen and oxygen atoms in total. The van der Waals surface area contributed by atoms with E-state index < -0.39 is 5.97 Å². The topological polar surface area (TPSA) is 93.2 Å². The van der Waals surface area contributed by atoms with Crippen molar-refractivity contribution in [1.29, 1.82) is 0 Å². The molecule has 1 fully saturated rings. The van der Waals surface area contributed by atoms with Crippen molar-refractivity contribution in [2.45, 2.75) is 13.0 Å². The molecule has 1 atom stereocenters. The van der Waals surface area contributed by atoms with Gasteiger partial charge in [0, 0.05) is 0 Å². The highest BCUT2D eigenvalue weighted by Gasteiger charge is 2.26. The number of nitrogens with zero attached hydrogens (tertiary/aromatic N) is 1. The number of hydrogen-bond acceptors (Lipinski definition) is 6. The molecule has 1 saturated heterocycles. The Morgan fingerprint density at radius 3 is 2.79 bits per heavy atom. The minimum Gasteiger partial charge on any atom is -0.495 e. The first-order valence-electron chi connectivity index (χ1n) is 7.47. The predicted octanol–water partition coefficient (Wildman–Crippen LogP) is 2.62. The Morgan fingerprint density at radius 2 is 2.21 bits per heavy atom. The Kier molecular flexibility index (Phi) is 4.52. The monoisotopic (exact) mass is 330 g/mol. The molecule has 126 valence electrons. The van der Waals surface area contributed by atoms with Gasteiger partial charge in [0.15, 0.2) is 5.75 Å². The molecule has 0 radical (unpaired) electrons. The van der Waals surface area contributed by atoms with Crippen molar-refractivity contribution in [3.05, 3.63) is 41.6 Å². The Morgan fingerprint density at radius 1 is 1.42 bits per heavy atom. The summed E-state index contributed by atoms with van der Waals surface area (Å²) < 4.78 is 15.9. The first-order chi connectivity index (χ1) is 11.6. The number of epoxide rings is 1. The highest BCUT2D eigenvalue weighted by atomic mass is 16.6. The second kappa shape index (κ2) is 6.76. The number of anilines is 2. The summed E-state index contributed by atoms with van der Waals surface area (Å²) >= 11 is 0. The zero-order chi connectivity index (χ0) is 17.1. The van der Waals surface area contributed by atoms with Crippen LogP contribution in [-0.2, 0) is 4.74 Å². The van der Waals surface area contributed by atoms with Crippen molar-refractivity contribution in [2.75, 3.05) is 25.6 Å². The number of carboxylic acid groups (broad SMARTS) is 1. The van der Waals surface area contributed by atoms with Gasteiger partial charge in [-0.2, -0.15) is 0 Å². The van der Waals surface area contributed by atoms with E-state index >= 15 is 0 Å². The Labute approximate surface area is 139 Å². The van der Waals surface area contributed by atoms with Gasteiger partial charge in [-0.3, -0.25) is 0 Å². The van der Waals surface area contributed by atoms with Crippen LogP contribution in [0.25, 0.3) is 0 Å². The molecule has 3 rings (SSSR count). The van der Waals surface area contributed by atoms with Crippen molar-refractivity contribution < 1.29 is 24.1 Å². The number of aromatic carboxylic acids is 1. The highest BCUT2D eigenvalue weighted by molar-refractivity contribution is 5.94. The molecule has 2 N–H and O–H groups in total. The summed E-state index contributed by atoms with van der Waals surface area (Å²) in [5.74, 6) is 0.441. The van der Waals surface area contributed by atoms with E-state index in [1.54, 1.807) is 31.5 Å². The molecule has 0 aliphatic carbocycles. The normalized spacial score (nSPS) is 15.7. The summed E-state index contributed by atoms with van der Waals surface area (Å²) in [4.78, 5) is 15.8. The van der Waals surface area contributed by atoms with Crippen molar-refractivity contribution in [2.24, 2.45) is 0 Å². The maximum absolute atomic E-state index is 11.5. The van der Waals surface area contributed by atoms with Crippen LogP contribution in [0.3, 0.4) is 0 Å². The Balaban J connectivity index is 1.93. The van der Waals surface area contributed by atoms with Crippen LogP contribution in [-0.4, -0.2) is 42.5 Å². The van der Waals surface area contributed by atoms with Crippen LogP contribution < -0.4 is 14.8 Å². The zero-order valence-electron chi connectivity index (χ0n) is 13.4. The minimum atomic E-state index is -1.05. The third-order valence-electron chi connectivity index (χ3n) is 3.64. The lowest BCUT2D eigenvalue weighted by molar-refractivity contribution is 0.0692. The summed E-state index contributed by atoms with van der Waals surface area (Å²) in [6, 6.07) is 6.78. The Bertz CT molecular complexity index is 741. The van der Waals surface area contributed by atoms with E-state index in [0.717, 1.165) is 5.56 Å². The van der Waals surface area contributed by atoms with E-state index in [9.17, 15) is 9.90 Å². The van der Waals surface area contributed by atoms with Gasteiger partial charge in [0.2, 0.25) is 0 Å². The average Bonchev–Trinajstić information content (AvgIpc) is 3.40. The number of carbonyl (C=O) groups is 1. The third kappa shape index (κ3) is 3.57. The number of nitrogens with one attached hydrogen (secondary N) is 1. The number of methoxy groups -OCH3 is 1. The lowest BCUT2D eigenvalue weighted by Gasteiger charge is -2.17. The molecule has 1 aromatic carbocycles. The number of carboxylic acids is 1. The summed E-state index contributed by atoms with van der Waals surface area (Å²) in [5, 5.41) is 12.6. The van der Waals surface area contributed by atoms with E-state index in [1.165, 1.54) is 6.07 Å². The van der Waals surface area contributed by atoms with Gasteiger partial charge in [-0.1, -0.05) is 6.07 Å². The number of rotatable bonds is 7.